The second-order valence-electron chi connectivity index (χ2n) is 8.04. The highest BCUT2D eigenvalue weighted by Crippen LogP contribution is 2.36. The van der Waals surface area contributed by atoms with E-state index in [4.69, 9.17) is 0 Å². The first kappa shape index (κ1) is 20.7. The second-order valence-corrected chi connectivity index (χ2v) is 11.8. The molecule has 6 rings (SSSR count). The lowest BCUT2D eigenvalue weighted by Crippen LogP contribution is -2.66. The van der Waals surface area contributed by atoms with E-state index in [-0.39, 0.29) is 0 Å². The van der Waals surface area contributed by atoms with E-state index in [2.05, 4.69) is 96.1 Å². The lowest BCUT2D eigenvalue weighted by Gasteiger charge is -2.31. The fourth-order valence-corrected chi connectivity index (χ4v) is 8.28. The quantitative estimate of drug-likeness (QED) is 0.308. The number of rotatable bonds is 4. The zero-order chi connectivity index (χ0) is 21.7. The van der Waals surface area contributed by atoms with Gasteiger partial charge in [-0.25, -0.2) is 23.2 Å². The molecular weight excluding hydrogens is 462 g/mol. The molecule has 0 unspecified atom stereocenters. The Morgan fingerprint density at radius 2 is 1.00 bits per heavy atom. The Bertz CT molecular complexity index is 1300. The smallest absolute Gasteiger partial charge is 0.200 e. The first-order valence-electron chi connectivity index (χ1n) is 10.6. The minimum atomic E-state index is 0.351. The average molecular weight is 482 g/mol. The molecule has 5 aromatic rings. The van der Waals surface area contributed by atoms with Gasteiger partial charge in [0.2, 0.25) is 0 Å². The van der Waals surface area contributed by atoms with Crippen LogP contribution in [-0.4, -0.2) is 24.5 Å². The molecule has 0 saturated heterocycles. The molecule has 32 heavy (non-hydrogen) atoms. The third kappa shape index (κ3) is 3.31. The minimum Gasteiger partial charge on any atom is -0.200 e. The van der Waals surface area contributed by atoms with E-state index in [9.17, 15) is 0 Å². The van der Waals surface area contributed by atoms with Gasteiger partial charge in [0.25, 0.3) is 12.0 Å². The van der Waals surface area contributed by atoms with E-state index in [1.165, 1.54) is 53.5 Å². The van der Waals surface area contributed by atoms with Crippen LogP contribution in [0.1, 0.15) is 0 Å². The average Bonchev–Trinajstić information content (AvgIpc) is 3.55. The highest BCUT2D eigenvalue weighted by atomic mass is 32.2. The molecule has 3 heterocycles. The zero-order valence-corrected chi connectivity index (χ0v) is 21.1. The van der Waals surface area contributed by atoms with Crippen LogP contribution in [0.5, 0.6) is 0 Å². The summed E-state index contributed by atoms with van der Waals surface area (Å²) in [5, 5.41) is 7.04. The van der Waals surface area contributed by atoms with Crippen molar-refractivity contribution in [1.29, 1.82) is 0 Å². The summed E-state index contributed by atoms with van der Waals surface area (Å²) in [4.78, 5) is 2.70. The maximum Gasteiger partial charge on any atom is 0.273 e. The van der Waals surface area contributed by atoms with Crippen LogP contribution in [0.3, 0.4) is 0 Å². The molecule has 2 aromatic heterocycles. The lowest BCUT2D eigenvalue weighted by molar-refractivity contribution is 1.74. The van der Waals surface area contributed by atoms with Crippen molar-refractivity contribution in [3.05, 3.63) is 83.6 Å². The maximum absolute atomic E-state index is 2.50. The van der Waals surface area contributed by atoms with Crippen molar-refractivity contribution in [3.63, 3.8) is 0 Å². The lowest BCUT2D eigenvalue weighted by atomic mass is 9.41. The zero-order valence-electron chi connectivity index (χ0n) is 17.9. The normalized spacial score (nSPS) is 12.8. The van der Waals surface area contributed by atoms with Crippen LogP contribution in [0, 0.1) is 0 Å². The molecule has 0 fully saturated rings. The molecule has 0 aliphatic carbocycles. The molecule has 0 amide bonds. The molecule has 1 aliphatic rings. The number of fused-ring (bicyclic) bond motifs is 3. The SMILES string of the molecule is CSB1c2cc(-c3cccs3)c(-c3cccs3)cc2B(SC)c2cc3ccccc3cc21. The van der Waals surface area contributed by atoms with E-state index < -0.39 is 0 Å². The van der Waals surface area contributed by atoms with Crippen molar-refractivity contribution in [3.8, 4) is 20.9 Å². The Morgan fingerprint density at radius 3 is 1.38 bits per heavy atom. The van der Waals surface area contributed by atoms with E-state index >= 15 is 0 Å². The van der Waals surface area contributed by atoms with E-state index in [1.54, 1.807) is 0 Å². The van der Waals surface area contributed by atoms with Gasteiger partial charge < -0.3 is 0 Å². The van der Waals surface area contributed by atoms with Crippen LogP contribution in [0.15, 0.2) is 83.6 Å². The molecule has 0 saturated carbocycles. The monoisotopic (exact) mass is 482 g/mol. The molecule has 0 radical (unpaired) electrons. The summed E-state index contributed by atoms with van der Waals surface area (Å²) in [6, 6.07) is 27.5. The van der Waals surface area contributed by atoms with Crippen molar-refractivity contribution < 1.29 is 0 Å². The predicted molar refractivity (Wildman–Crippen MR) is 154 cm³/mol. The molecule has 0 atom stereocenters. The Kier molecular flexibility index (Phi) is 5.50. The Balaban J connectivity index is 1.65. The number of hydrogen-bond donors (Lipinski definition) is 0. The molecular formula is C26H20B2S4. The van der Waals surface area contributed by atoms with Crippen LogP contribution < -0.4 is 21.9 Å². The summed E-state index contributed by atoms with van der Waals surface area (Å²) in [5.41, 5.74) is 8.63. The summed E-state index contributed by atoms with van der Waals surface area (Å²) >= 11 is 7.58. The van der Waals surface area contributed by atoms with Crippen LogP contribution in [0.2, 0.25) is 0 Å². The summed E-state index contributed by atoms with van der Waals surface area (Å²) < 4.78 is 0. The van der Waals surface area contributed by atoms with Gasteiger partial charge in [0.1, 0.15) is 0 Å². The maximum atomic E-state index is 2.50. The van der Waals surface area contributed by atoms with Gasteiger partial charge in [-0.1, -0.05) is 82.5 Å². The summed E-state index contributed by atoms with van der Waals surface area (Å²) in [5.74, 6) is 0.702. The van der Waals surface area contributed by atoms with Gasteiger partial charge in [-0.15, -0.1) is 22.7 Å². The Morgan fingerprint density at radius 1 is 0.562 bits per heavy atom. The van der Waals surface area contributed by atoms with E-state index in [1.807, 2.05) is 45.9 Å². The van der Waals surface area contributed by atoms with E-state index in [0.29, 0.717) is 12.0 Å². The molecule has 6 heteroatoms. The van der Waals surface area contributed by atoms with Crippen molar-refractivity contribution in [1.82, 2.24) is 0 Å². The molecule has 0 N–H and O–H groups in total. The Labute approximate surface area is 206 Å². The van der Waals surface area contributed by atoms with E-state index in [0.717, 1.165) is 0 Å². The van der Waals surface area contributed by atoms with Crippen LogP contribution >= 0.6 is 45.9 Å². The van der Waals surface area contributed by atoms with Gasteiger partial charge in [-0.2, -0.15) is 0 Å². The number of thiophene rings is 2. The first-order valence-corrected chi connectivity index (χ1v) is 15.0. The van der Waals surface area contributed by atoms with Gasteiger partial charge in [0, 0.05) is 9.75 Å². The van der Waals surface area contributed by atoms with Crippen molar-refractivity contribution >= 4 is 90.5 Å². The fraction of sp³-hybridized carbons (Fsp3) is 0.0769. The standard InChI is InChI=1S/C26H20B2S4/c1-29-27-21-13-17-7-3-4-8-18(17)14-22(21)28(30-2)24-16-20(26-10-6-12-32-26)19(15-23(24)27)25-9-5-11-31-25/h3-16H,1-2H3. The van der Waals surface area contributed by atoms with Gasteiger partial charge in [0.15, 0.2) is 0 Å². The Hall–Kier alpha value is -1.85. The summed E-state index contributed by atoms with van der Waals surface area (Å²) in [6.07, 6.45) is 4.51. The predicted octanol–water partition coefficient (Wildman–Crippen LogP) is 5.55. The largest absolute Gasteiger partial charge is 0.273 e. The highest BCUT2D eigenvalue weighted by Gasteiger charge is 2.37. The summed E-state index contributed by atoms with van der Waals surface area (Å²) in [7, 11) is 0. The molecule has 1 aliphatic heterocycles. The molecule has 3 aromatic carbocycles. The van der Waals surface area contributed by atoms with Crippen LogP contribution in [-0.2, 0) is 0 Å². The fourth-order valence-electron chi connectivity index (χ4n) is 4.93. The molecule has 0 nitrogen and oxygen atoms in total. The van der Waals surface area contributed by atoms with Crippen molar-refractivity contribution in [2.24, 2.45) is 0 Å². The number of benzene rings is 3. The number of hydrogen-bond acceptors (Lipinski definition) is 4. The molecule has 0 spiro atoms. The van der Waals surface area contributed by atoms with Crippen molar-refractivity contribution in [2.45, 2.75) is 0 Å². The third-order valence-corrected chi connectivity index (χ3v) is 10.1. The second kappa shape index (κ2) is 8.49. The van der Waals surface area contributed by atoms with Gasteiger partial charge in [-0.3, -0.25) is 0 Å². The van der Waals surface area contributed by atoms with Gasteiger partial charge in [0.05, 0.1) is 0 Å². The highest BCUT2D eigenvalue weighted by molar-refractivity contribution is 8.29. The topological polar surface area (TPSA) is 0 Å². The van der Waals surface area contributed by atoms with Crippen molar-refractivity contribution in [2.75, 3.05) is 12.5 Å². The third-order valence-electron chi connectivity index (χ3n) is 6.35. The van der Waals surface area contributed by atoms with Gasteiger partial charge in [-0.05, 0) is 57.3 Å². The molecule has 0 bridgehead atoms. The van der Waals surface area contributed by atoms with Gasteiger partial charge >= 0.3 is 0 Å². The minimum absolute atomic E-state index is 0.351. The summed E-state index contributed by atoms with van der Waals surface area (Å²) in [6.45, 7) is 0. The molecule has 154 valence electrons. The van der Waals surface area contributed by atoms with Crippen LogP contribution in [0.4, 0.5) is 0 Å². The van der Waals surface area contributed by atoms with Crippen LogP contribution in [0.25, 0.3) is 31.7 Å². The first-order chi connectivity index (χ1) is 15.8.